The Hall–Kier alpha value is -1.92. The quantitative estimate of drug-likeness (QED) is 0.726. The van der Waals surface area contributed by atoms with Crippen LogP contribution in [0.2, 0.25) is 0 Å². The van der Waals surface area contributed by atoms with E-state index in [4.69, 9.17) is 5.73 Å². The third kappa shape index (κ3) is 4.54. The van der Waals surface area contributed by atoms with E-state index in [2.05, 4.69) is 10.2 Å². The number of hydrogen-bond acceptors (Lipinski definition) is 4. The smallest absolute Gasteiger partial charge is 0.311 e. The predicted octanol–water partition coefficient (Wildman–Crippen LogP) is -0.594. The molecule has 1 heterocycles. The van der Waals surface area contributed by atoms with Crippen molar-refractivity contribution in [3.05, 3.63) is 35.9 Å². The SMILES string of the molecule is NCCN1CCN(C(=O)C(=O)NCc2ccccc2)CC1. The van der Waals surface area contributed by atoms with Crippen molar-refractivity contribution in [1.82, 2.24) is 15.1 Å². The number of rotatable bonds is 4. The molecule has 114 valence electrons. The van der Waals surface area contributed by atoms with Gasteiger partial charge >= 0.3 is 11.8 Å². The van der Waals surface area contributed by atoms with Gasteiger partial charge < -0.3 is 16.0 Å². The van der Waals surface area contributed by atoms with Crippen LogP contribution in [-0.2, 0) is 16.1 Å². The van der Waals surface area contributed by atoms with Gasteiger partial charge in [0.25, 0.3) is 0 Å². The van der Waals surface area contributed by atoms with Crippen molar-refractivity contribution in [3.63, 3.8) is 0 Å². The summed E-state index contributed by atoms with van der Waals surface area (Å²) in [5, 5.41) is 2.67. The van der Waals surface area contributed by atoms with E-state index in [0.717, 1.165) is 25.2 Å². The Kier molecular flexibility index (Phi) is 5.71. The van der Waals surface area contributed by atoms with Crippen LogP contribution in [-0.4, -0.2) is 60.9 Å². The van der Waals surface area contributed by atoms with Gasteiger partial charge in [0.2, 0.25) is 0 Å². The number of amides is 2. The maximum Gasteiger partial charge on any atom is 0.311 e. The van der Waals surface area contributed by atoms with E-state index in [1.807, 2.05) is 30.3 Å². The molecule has 0 aliphatic carbocycles. The van der Waals surface area contributed by atoms with Gasteiger partial charge in [0.05, 0.1) is 0 Å². The summed E-state index contributed by atoms with van der Waals surface area (Å²) in [5.74, 6) is -0.982. The van der Waals surface area contributed by atoms with Crippen molar-refractivity contribution >= 4 is 11.8 Å². The van der Waals surface area contributed by atoms with Gasteiger partial charge in [0.1, 0.15) is 0 Å². The highest BCUT2D eigenvalue weighted by Gasteiger charge is 2.25. The van der Waals surface area contributed by atoms with E-state index in [-0.39, 0.29) is 0 Å². The maximum atomic E-state index is 12.1. The summed E-state index contributed by atoms with van der Waals surface area (Å²) in [5.41, 5.74) is 6.49. The van der Waals surface area contributed by atoms with E-state index < -0.39 is 11.8 Å². The molecular formula is C15H22N4O2. The first kappa shape index (κ1) is 15.5. The lowest BCUT2D eigenvalue weighted by Gasteiger charge is -2.34. The van der Waals surface area contributed by atoms with Gasteiger partial charge in [-0.15, -0.1) is 0 Å². The van der Waals surface area contributed by atoms with Crippen molar-refractivity contribution in [2.24, 2.45) is 5.73 Å². The van der Waals surface area contributed by atoms with Crippen molar-refractivity contribution in [1.29, 1.82) is 0 Å². The average Bonchev–Trinajstić information content (AvgIpc) is 2.54. The van der Waals surface area contributed by atoms with Crippen LogP contribution < -0.4 is 11.1 Å². The molecule has 2 rings (SSSR count). The number of hydrogen-bond donors (Lipinski definition) is 2. The standard InChI is InChI=1S/C15H22N4O2/c16-6-7-18-8-10-19(11-9-18)15(21)14(20)17-12-13-4-2-1-3-5-13/h1-5H,6-12,16H2,(H,17,20). The van der Waals surface area contributed by atoms with E-state index in [1.165, 1.54) is 0 Å². The molecule has 6 nitrogen and oxygen atoms in total. The van der Waals surface area contributed by atoms with Crippen LogP contribution >= 0.6 is 0 Å². The second kappa shape index (κ2) is 7.75. The normalized spacial score (nSPS) is 15.8. The maximum absolute atomic E-state index is 12.1. The fraction of sp³-hybridized carbons (Fsp3) is 0.467. The zero-order valence-corrected chi connectivity index (χ0v) is 12.1. The summed E-state index contributed by atoms with van der Waals surface area (Å²) < 4.78 is 0. The lowest BCUT2D eigenvalue weighted by molar-refractivity contribution is -0.147. The van der Waals surface area contributed by atoms with Gasteiger partial charge in [-0.25, -0.2) is 0 Å². The van der Waals surface area contributed by atoms with Crippen molar-refractivity contribution in [2.45, 2.75) is 6.54 Å². The van der Waals surface area contributed by atoms with Crippen LogP contribution in [0.15, 0.2) is 30.3 Å². The molecule has 1 aromatic rings. The Morgan fingerprint density at radius 2 is 1.76 bits per heavy atom. The summed E-state index contributed by atoms with van der Waals surface area (Å²) in [7, 11) is 0. The second-order valence-electron chi connectivity index (χ2n) is 5.09. The molecule has 0 atom stereocenters. The molecule has 1 aromatic carbocycles. The molecule has 1 fully saturated rings. The van der Waals surface area contributed by atoms with Crippen LogP contribution in [0.5, 0.6) is 0 Å². The molecule has 1 aliphatic heterocycles. The summed E-state index contributed by atoms with van der Waals surface area (Å²) in [6, 6.07) is 9.55. The minimum Gasteiger partial charge on any atom is -0.344 e. The molecule has 0 unspecified atom stereocenters. The first-order valence-electron chi connectivity index (χ1n) is 7.24. The van der Waals surface area contributed by atoms with Crippen LogP contribution in [0.3, 0.4) is 0 Å². The Bertz CT molecular complexity index is 470. The zero-order valence-electron chi connectivity index (χ0n) is 12.1. The van der Waals surface area contributed by atoms with Gasteiger partial charge in [-0.2, -0.15) is 0 Å². The molecule has 0 saturated carbocycles. The van der Waals surface area contributed by atoms with Gasteiger partial charge in [-0.05, 0) is 5.56 Å². The highest BCUT2D eigenvalue weighted by molar-refractivity contribution is 6.34. The highest BCUT2D eigenvalue weighted by atomic mass is 16.2. The minimum absolute atomic E-state index is 0.374. The number of carbonyl (C=O) groups is 2. The molecule has 1 saturated heterocycles. The summed E-state index contributed by atoms with van der Waals surface area (Å²) in [6.45, 7) is 4.53. The van der Waals surface area contributed by atoms with Gasteiger partial charge in [-0.1, -0.05) is 30.3 Å². The first-order valence-corrected chi connectivity index (χ1v) is 7.24. The van der Waals surface area contributed by atoms with Gasteiger partial charge in [-0.3, -0.25) is 14.5 Å². The topological polar surface area (TPSA) is 78.7 Å². The van der Waals surface area contributed by atoms with Gasteiger partial charge in [0.15, 0.2) is 0 Å². The second-order valence-corrected chi connectivity index (χ2v) is 5.09. The number of nitrogens with one attached hydrogen (secondary N) is 1. The Labute approximate surface area is 124 Å². The Morgan fingerprint density at radius 3 is 2.38 bits per heavy atom. The molecule has 6 heteroatoms. The number of carbonyl (C=O) groups excluding carboxylic acids is 2. The summed E-state index contributed by atoms with van der Waals surface area (Å²) in [4.78, 5) is 27.7. The third-order valence-electron chi connectivity index (χ3n) is 3.59. The van der Waals surface area contributed by atoms with Crippen LogP contribution in [0.1, 0.15) is 5.56 Å². The van der Waals surface area contributed by atoms with E-state index in [9.17, 15) is 9.59 Å². The number of nitrogens with two attached hydrogens (primary N) is 1. The minimum atomic E-state index is -0.536. The van der Waals surface area contributed by atoms with E-state index >= 15 is 0 Å². The predicted molar refractivity (Wildman–Crippen MR) is 80.4 cm³/mol. The van der Waals surface area contributed by atoms with Crippen molar-refractivity contribution in [2.75, 3.05) is 39.3 Å². The molecule has 0 radical (unpaired) electrons. The van der Waals surface area contributed by atoms with Crippen molar-refractivity contribution in [3.8, 4) is 0 Å². The monoisotopic (exact) mass is 290 g/mol. The Balaban J connectivity index is 1.76. The average molecular weight is 290 g/mol. The third-order valence-corrected chi connectivity index (χ3v) is 3.59. The molecule has 2 amide bonds. The largest absolute Gasteiger partial charge is 0.344 e. The highest BCUT2D eigenvalue weighted by Crippen LogP contribution is 2.02. The number of piperazine rings is 1. The molecule has 21 heavy (non-hydrogen) atoms. The molecule has 3 N–H and O–H groups in total. The summed E-state index contributed by atoms with van der Waals surface area (Å²) in [6.07, 6.45) is 0. The van der Waals surface area contributed by atoms with Gasteiger partial charge in [0, 0.05) is 45.8 Å². The fourth-order valence-corrected chi connectivity index (χ4v) is 2.35. The first-order chi connectivity index (χ1) is 10.2. The van der Waals surface area contributed by atoms with Crippen LogP contribution in [0.4, 0.5) is 0 Å². The fourth-order valence-electron chi connectivity index (χ4n) is 2.35. The lowest BCUT2D eigenvalue weighted by Crippen LogP contribution is -2.53. The molecule has 1 aliphatic rings. The van der Waals surface area contributed by atoms with E-state index in [0.29, 0.717) is 26.2 Å². The molecular weight excluding hydrogens is 268 g/mol. The number of nitrogens with zero attached hydrogens (tertiary/aromatic N) is 2. The molecule has 0 bridgehead atoms. The van der Waals surface area contributed by atoms with Crippen LogP contribution in [0.25, 0.3) is 0 Å². The van der Waals surface area contributed by atoms with E-state index in [1.54, 1.807) is 4.90 Å². The van der Waals surface area contributed by atoms with Crippen LogP contribution in [0, 0.1) is 0 Å². The zero-order chi connectivity index (χ0) is 15.1. The molecule has 0 aromatic heterocycles. The van der Waals surface area contributed by atoms with Crippen molar-refractivity contribution < 1.29 is 9.59 Å². The lowest BCUT2D eigenvalue weighted by atomic mass is 10.2. The number of benzene rings is 1. The summed E-state index contributed by atoms with van der Waals surface area (Å²) >= 11 is 0. The Morgan fingerprint density at radius 1 is 1.10 bits per heavy atom. The molecule has 0 spiro atoms.